The van der Waals surface area contributed by atoms with E-state index in [-0.39, 0.29) is 17.5 Å². The SMILES string of the molecule is CC1CCC(C)N1C(C)C(=O)NC1(C)CCNCC1. The Morgan fingerprint density at radius 3 is 2.32 bits per heavy atom. The molecule has 0 radical (unpaired) electrons. The molecule has 110 valence electrons. The van der Waals surface area contributed by atoms with Crippen LogP contribution < -0.4 is 10.6 Å². The molecule has 1 amide bonds. The van der Waals surface area contributed by atoms with Crippen LogP contribution in [0.3, 0.4) is 0 Å². The topological polar surface area (TPSA) is 44.4 Å². The molecular weight excluding hydrogens is 238 g/mol. The number of carbonyl (C=O) groups is 1. The molecule has 2 fully saturated rings. The highest BCUT2D eigenvalue weighted by Crippen LogP contribution is 2.26. The van der Waals surface area contributed by atoms with Crippen molar-refractivity contribution in [3.8, 4) is 0 Å². The van der Waals surface area contributed by atoms with Gasteiger partial charge in [-0.05, 0) is 66.5 Å². The van der Waals surface area contributed by atoms with Gasteiger partial charge in [0.2, 0.25) is 5.91 Å². The predicted molar refractivity (Wildman–Crippen MR) is 78.1 cm³/mol. The van der Waals surface area contributed by atoms with Crippen molar-refractivity contribution in [1.29, 1.82) is 0 Å². The normalized spacial score (nSPS) is 33.1. The summed E-state index contributed by atoms with van der Waals surface area (Å²) >= 11 is 0. The summed E-state index contributed by atoms with van der Waals surface area (Å²) in [5.74, 6) is 0.199. The highest BCUT2D eigenvalue weighted by atomic mass is 16.2. The van der Waals surface area contributed by atoms with E-state index in [1.54, 1.807) is 0 Å². The van der Waals surface area contributed by atoms with Crippen molar-refractivity contribution in [2.24, 2.45) is 0 Å². The predicted octanol–water partition coefficient (Wildman–Crippen LogP) is 1.51. The Morgan fingerprint density at radius 2 is 1.79 bits per heavy atom. The molecule has 2 saturated heterocycles. The maximum absolute atomic E-state index is 12.5. The molecule has 2 N–H and O–H groups in total. The second-order valence-electron chi connectivity index (χ2n) is 6.70. The van der Waals surface area contributed by atoms with Crippen molar-refractivity contribution in [1.82, 2.24) is 15.5 Å². The third kappa shape index (κ3) is 3.29. The number of piperidine rings is 1. The minimum atomic E-state index is -0.0250. The van der Waals surface area contributed by atoms with Gasteiger partial charge in [0, 0.05) is 17.6 Å². The highest BCUT2D eigenvalue weighted by molar-refractivity contribution is 5.82. The highest BCUT2D eigenvalue weighted by Gasteiger charge is 2.37. The molecule has 2 rings (SSSR count). The Bertz CT molecular complexity index is 315. The van der Waals surface area contributed by atoms with Crippen LogP contribution in [-0.4, -0.2) is 47.6 Å². The maximum Gasteiger partial charge on any atom is 0.237 e. The molecule has 2 aliphatic heterocycles. The van der Waals surface area contributed by atoms with Gasteiger partial charge in [-0.15, -0.1) is 0 Å². The molecule has 2 aliphatic rings. The van der Waals surface area contributed by atoms with Gasteiger partial charge in [-0.1, -0.05) is 0 Å². The van der Waals surface area contributed by atoms with E-state index in [0.29, 0.717) is 12.1 Å². The molecule has 2 heterocycles. The van der Waals surface area contributed by atoms with Crippen LogP contribution in [0.25, 0.3) is 0 Å². The van der Waals surface area contributed by atoms with Crippen LogP contribution in [0.5, 0.6) is 0 Å². The minimum absolute atomic E-state index is 0.0146. The molecule has 0 aromatic heterocycles. The summed E-state index contributed by atoms with van der Waals surface area (Å²) in [7, 11) is 0. The monoisotopic (exact) mass is 267 g/mol. The number of rotatable bonds is 3. The van der Waals surface area contributed by atoms with Gasteiger partial charge in [-0.2, -0.15) is 0 Å². The fraction of sp³-hybridized carbons (Fsp3) is 0.933. The summed E-state index contributed by atoms with van der Waals surface area (Å²) in [6, 6.07) is 1.03. The summed E-state index contributed by atoms with van der Waals surface area (Å²) in [6.07, 6.45) is 4.47. The van der Waals surface area contributed by atoms with E-state index in [4.69, 9.17) is 0 Å². The van der Waals surface area contributed by atoms with E-state index < -0.39 is 0 Å². The summed E-state index contributed by atoms with van der Waals surface area (Å²) in [5, 5.41) is 6.64. The van der Waals surface area contributed by atoms with Gasteiger partial charge in [-0.3, -0.25) is 9.69 Å². The average Bonchev–Trinajstić information content (AvgIpc) is 2.68. The van der Waals surface area contributed by atoms with Crippen LogP contribution in [0.1, 0.15) is 53.4 Å². The van der Waals surface area contributed by atoms with Crippen LogP contribution >= 0.6 is 0 Å². The number of hydrogen-bond donors (Lipinski definition) is 2. The molecule has 19 heavy (non-hydrogen) atoms. The van der Waals surface area contributed by atoms with Crippen molar-refractivity contribution in [3.63, 3.8) is 0 Å². The zero-order chi connectivity index (χ0) is 14.0. The van der Waals surface area contributed by atoms with Gasteiger partial charge in [0.1, 0.15) is 0 Å². The quantitative estimate of drug-likeness (QED) is 0.814. The first-order valence-electron chi connectivity index (χ1n) is 7.73. The second kappa shape index (κ2) is 5.80. The number of nitrogens with zero attached hydrogens (tertiary/aromatic N) is 1. The van der Waals surface area contributed by atoms with E-state index in [0.717, 1.165) is 25.9 Å². The number of likely N-dealkylation sites (tertiary alicyclic amines) is 1. The van der Waals surface area contributed by atoms with E-state index in [1.807, 2.05) is 0 Å². The van der Waals surface area contributed by atoms with Crippen molar-refractivity contribution >= 4 is 5.91 Å². The molecule has 0 saturated carbocycles. The van der Waals surface area contributed by atoms with Crippen molar-refractivity contribution in [2.45, 2.75) is 77.0 Å². The molecule has 4 heteroatoms. The standard InChI is InChI=1S/C15H29N3O/c1-11-5-6-12(2)18(11)13(3)14(19)17-15(4)7-9-16-10-8-15/h11-13,16H,5-10H2,1-4H3,(H,17,19). The van der Waals surface area contributed by atoms with Crippen molar-refractivity contribution in [2.75, 3.05) is 13.1 Å². The number of nitrogens with one attached hydrogen (secondary N) is 2. The lowest BCUT2D eigenvalue weighted by molar-refractivity contribution is -0.129. The smallest absolute Gasteiger partial charge is 0.237 e. The van der Waals surface area contributed by atoms with Crippen molar-refractivity contribution in [3.05, 3.63) is 0 Å². The number of amides is 1. The summed E-state index contributed by atoms with van der Waals surface area (Å²) < 4.78 is 0. The third-order valence-corrected chi connectivity index (χ3v) is 4.98. The average molecular weight is 267 g/mol. The Hall–Kier alpha value is -0.610. The first-order valence-corrected chi connectivity index (χ1v) is 7.73. The lowest BCUT2D eigenvalue weighted by atomic mass is 9.90. The molecular formula is C15H29N3O. The Labute approximate surface area is 117 Å². The molecule has 4 nitrogen and oxygen atoms in total. The fourth-order valence-electron chi connectivity index (χ4n) is 3.62. The van der Waals surface area contributed by atoms with E-state index in [1.165, 1.54) is 12.8 Å². The summed E-state index contributed by atoms with van der Waals surface area (Å²) in [5.41, 5.74) is -0.0250. The largest absolute Gasteiger partial charge is 0.349 e. The van der Waals surface area contributed by atoms with Crippen LogP contribution in [0.15, 0.2) is 0 Å². The Morgan fingerprint density at radius 1 is 1.26 bits per heavy atom. The molecule has 3 atom stereocenters. The van der Waals surface area contributed by atoms with Gasteiger partial charge in [0.15, 0.2) is 0 Å². The minimum Gasteiger partial charge on any atom is -0.349 e. The fourth-order valence-corrected chi connectivity index (χ4v) is 3.62. The molecule has 0 spiro atoms. The van der Waals surface area contributed by atoms with Crippen molar-refractivity contribution < 1.29 is 4.79 Å². The number of carbonyl (C=O) groups excluding carboxylic acids is 1. The summed E-state index contributed by atoms with van der Waals surface area (Å²) in [4.78, 5) is 14.9. The van der Waals surface area contributed by atoms with E-state index in [9.17, 15) is 4.79 Å². The lowest BCUT2D eigenvalue weighted by Crippen LogP contribution is -2.58. The van der Waals surface area contributed by atoms with E-state index >= 15 is 0 Å². The van der Waals surface area contributed by atoms with Crippen LogP contribution in [0.4, 0.5) is 0 Å². The van der Waals surface area contributed by atoms with Gasteiger partial charge in [0.25, 0.3) is 0 Å². The van der Waals surface area contributed by atoms with Gasteiger partial charge < -0.3 is 10.6 Å². The van der Waals surface area contributed by atoms with Gasteiger partial charge in [-0.25, -0.2) is 0 Å². The lowest BCUT2D eigenvalue weighted by Gasteiger charge is -2.38. The van der Waals surface area contributed by atoms with E-state index in [2.05, 4.69) is 43.2 Å². The molecule has 0 bridgehead atoms. The molecule has 0 aromatic rings. The molecule has 0 aliphatic carbocycles. The zero-order valence-corrected chi connectivity index (χ0v) is 12.8. The van der Waals surface area contributed by atoms with Crippen LogP contribution in [0.2, 0.25) is 0 Å². The third-order valence-electron chi connectivity index (χ3n) is 4.98. The summed E-state index contributed by atoms with van der Waals surface area (Å²) in [6.45, 7) is 10.7. The zero-order valence-electron chi connectivity index (χ0n) is 12.8. The van der Waals surface area contributed by atoms with Crippen LogP contribution in [-0.2, 0) is 4.79 Å². The van der Waals surface area contributed by atoms with Gasteiger partial charge in [0.05, 0.1) is 6.04 Å². The first kappa shape index (κ1) is 14.8. The maximum atomic E-state index is 12.5. The second-order valence-corrected chi connectivity index (χ2v) is 6.70. The molecule has 0 aromatic carbocycles. The Kier molecular flexibility index (Phi) is 4.51. The van der Waals surface area contributed by atoms with Gasteiger partial charge >= 0.3 is 0 Å². The number of hydrogen-bond acceptors (Lipinski definition) is 3. The first-order chi connectivity index (χ1) is 8.93. The Balaban J connectivity index is 1.95. The molecule has 3 unspecified atom stereocenters. The van der Waals surface area contributed by atoms with Crippen LogP contribution in [0, 0.1) is 0 Å².